The molecule has 0 fully saturated rings. The van der Waals surface area contributed by atoms with Crippen LogP contribution in [0.15, 0.2) is 18.2 Å². The molecule has 0 saturated heterocycles. The number of hydrogen-bond acceptors (Lipinski definition) is 4. The van der Waals surface area contributed by atoms with Crippen molar-refractivity contribution in [1.82, 2.24) is 4.90 Å². The summed E-state index contributed by atoms with van der Waals surface area (Å²) in [5.74, 6) is -0.119. The van der Waals surface area contributed by atoms with Crippen LogP contribution in [0.4, 0.5) is 5.69 Å². The molecular weight excluding hydrogens is 244 g/mol. The zero-order valence-electron chi connectivity index (χ0n) is 11.4. The van der Waals surface area contributed by atoms with Crippen molar-refractivity contribution in [2.24, 2.45) is 0 Å². The molecule has 19 heavy (non-hydrogen) atoms. The predicted molar refractivity (Wildman–Crippen MR) is 72.9 cm³/mol. The van der Waals surface area contributed by atoms with Crippen LogP contribution in [0.5, 0.6) is 0 Å². The van der Waals surface area contributed by atoms with Crippen LogP contribution < -0.4 is 5.32 Å². The molecule has 0 aromatic heterocycles. The lowest BCUT2D eigenvalue weighted by atomic mass is 10.1. The second kappa shape index (κ2) is 6.65. The van der Waals surface area contributed by atoms with Gasteiger partial charge in [0.15, 0.2) is 0 Å². The molecule has 1 N–H and O–H groups in total. The van der Waals surface area contributed by atoms with Crippen LogP contribution in [0.1, 0.15) is 11.1 Å². The fourth-order valence-electron chi connectivity index (χ4n) is 2.30. The maximum absolute atomic E-state index is 11.6. The van der Waals surface area contributed by atoms with Crippen LogP contribution in [0.3, 0.4) is 0 Å². The van der Waals surface area contributed by atoms with E-state index in [2.05, 4.69) is 16.3 Å². The van der Waals surface area contributed by atoms with Crippen molar-refractivity contribution in [2.75, 3.05) is 39.3 Å². The van der Waals surface area contributed by atoms with Gasteiger partial charge in [0, 0.05) is 39.5 Å². The van der Waals surface area contributed by atoms with Crippen molar-refractivity contribution in [3.63, 3.8) is 0 Å². The van der Waals surface area contributed by atoms with Crippen molar-refractivity contribution in [2.45, 2.75) is 13.1 Å². The van der Waals surface area contributed by atoms with Gasteiger partial charge in [0.05, 0.1) is 6.61 Å². The minimum atomic E-state index is -0.119. The molecule has 1 aromatic rings. The van der Waals surface area contributed by atoms with E-state index in [1.807, 2.05) is 12.1 Å². The first-order chi connectivity index (χ1) is 9.24. The van der Waals surface area contributed by atoms with Crippen molar-refractivity contribution in [3.8, 4) is 0 Å². The Morgan fingerprint density at radius 1 is 1.32 bits per heavy atom. The van der Waals surface area contributed by atoms with Crippen molar-refractivity contribution >= 4 is 11.6 Å². The number of nitrogens with zero attached hydrogens (tertiary/aromatic N) is 1. The number of fused-ring (bicyclic) bond motifs is 1. The van der Waals surface area contributed by atoms with Crippen molar-refractivity contribution in [3.05, 3.63) is 29.3 Å². The first-order valence-corrected chi connectivity index (χ1v) is 6.35. The number of methoxy groups -OCH3 is 2. The van der Waals surface area contributed by atoms with Crippen LogP contribution >= 0.6 is 0 Å². The summed E-state index contributed by atoms with van der Waals surface area (Å²) in [6, 6.07) is 6.02. The Labute approximate surface area is 113 Å². The maximum Gasteiger partial charge on any atom is 0.250 e. The molecule has 104 valence electrons. The average Bonchev–Trinajstić information content (AvgIpc) is 2.80. The number of rotatable bonds is 6. The fraction of sp³-hybridized carbons (Fsp3) is 0.500. The molecule has 5 heteroatoms. The number of amides is 1. The smallest absolute Gasteiger partial charge is 0.250 e. The Balaban J connectivity index is 2.05. The van der Waals surface area contributed by atoms with Crippen LogP contribution in [0, 0.1) is 0 Å². The summed E-state index contributed by atoms with van der Waals surface area (Å²) in [4.78, 5) is 13.9. The molecule has 1 heterocycles. The lowest BCUT2D eigenvalue weighted by molar-refractivity contribution is -0.119. The molecule has 0 unspecified atom stereocenters. The van der Waals surface area contributed by atoms with Crippen LogP contribution in [0.25, 0.3) is 0 Å². The third-order valence-electron chi connectivity index (χ3n) is 3.21. The second-order valence-corrected chi connectivity index (χ2v) is 4.63. The monoisotopic (exact) mass is 264 g/mol. The molecule has 0 bridgehead atoms. The fourth-order valence-corrected chi connectivity index (χ4v) is 2.30. The topological polar surface area (TPSA) is 50.8 Å². The minimum Gasteiger partial charge on any atom is -0.383 e. The standard InChI is InChI=1S/C14H20N2O3/c1-18-7-6-16-8-11-4-3-5-13(12(11)9-16)15-14(17)10-19-2/h3-5H,6-10H2,1-2H3,(H,15,17). The molecule has 0 saturated carbocycles. The summed E-state index contributed by atoms with van der Waals surface area (Å²) in [5.41, 5.74) is 3.36. The third kappa shape index (κ3) is 3.53. The molecule has 0 spiro atoms. The first-order valence-electron chi connectivity index (χ1n) is 6.35. The van der Waals surface area contributed by atoms with Gasteiger partial charge >= 0.3 is 0 Å². The SMILES string of the molecule is COCCN1Cc2cccc(NC(=O)COC)c2C1. The highest BCUT2D eigenvalue weighted by molar-refractivity contribution is 5.92. The minimum absolute atomic E-state index is 0.0804. The van der Waals surface area contributed by atoms with E-state index in [4.69, 9.17) is 9.47 Å². The number of anilines is 1. The Kier molecular flexibility index (Phi) is 4.90. The van der Waals surface area contributed by atoms with E-state index in [1.165, 1.54) is 18.2 Å². The molecule has 1 aliphatic rings. The van der Waals surface area contributed by atoms with Gasteiger partial charge in [-0.05, 0) is 17.2 Å². The molecule has 1 aromatic carbocycles. The van der Waals surface area contributed by atoms with E-state index in [0.717, 1.165) is 31.9 Å². The van der Waals surface area contributed by atoms with Gasteiger partial charge in [-0.15, -0.1) is 0 Å². The highest BCUT2D eigenvalue weighted by Crippen LogP contribution is 2.29. The summed E-state index contributed by atoms with van der Waals surface area (Å²) >= 11 is 0. The van der Waals surface area contributed by atoms with E-state index in [0.29, 0.717) is 0 Å². The summed E-state index contributed by atoms with van der Waals surface area (Å²) in [6.45, 7) is 3.46. The van der Waals surface area contributed by atoms with E-state index < -0.39 is 0 Å². The first kappa shape index (κ1) is 14.0. The van der Waals surface area contributed by atoms with Gasteiger partial charge in [-0.25, -0.2) is 0 Å². The largest absolute Gasteiger partial charge is 0.383 e. The molecule has 0 aliphatic carbocycles. The molecule has 1 aliphatic heterocycles. The lowest BCUT2D eigenvalue weighted by Crippen LogP contribution is -2.21. The number of benzene rings is 1. The van der Waals surface area contributed by atoms with Gasteiger partial charge in [0.2, 0.25) is 5.91 Å². The lowest BCUT2D eigenvalue weighted by Gasteiger charge is -2.14. The van der Waals surface area contributed by atoms with Crippen molar-refractivity contribution in [1.29, 1.82) is 0 Å². The number of carbonyl (C=O) groups excluding carboxylic acids is 1. The zero-order valence-corrected chi connectivity index (χ0v) is 11.4. The van der Waals surface area contributed by atoms with Crippen LogP contribution in [0.2, 0.25) is 0 Å². The van der Waals surface area contributed by atoms with Gasteiger partial charge in [-0.3, -0.25) is 9.69 Å². The maximum atomic E-state index is 11.6. The van der Waals surface area contributed by atoms with Crippen LogP contribution in [-0.4, -0.2) is 44.8 Å². The Morgan fingerprint density at radius 3 is 2.89 bits per heavy atom. The van der Waals surface area contributed by atoms with Gasteiger partial charge in [0.25, 0.3) is 0 Å². The zero-order chi connectivity index (χ0) is 13.7. The van der Waals surface area contributed by atoms with Crippen molar-refractivity contribution < 1.29 is 14.3 Å². The summed E-state index contributed by atoms with van der Waals surface area (Å²) in [7, 11) is 3.22. The van der Waals surface area contributed by atoms with E-state index in [-0.39, 0.29) is 12.5 Å². The summed E-state index contributed by atoms with van der Waals surface area (Å²) in [6.07, 6.45) is 0. The van der Waals surface area contributed by atoms with E-state index >= 15 is 0 Å². The molecule has 5 nitrogen and oxygen atoms in total. The summed E-state index contributed by atoms with van der Waals surface area (Å²) in [5, 5.41) is 2.90. The van der Waals surface area contributed by atoms with Gasteiger partial charge in [-0.1, -0.05) is 12.1 Å². The Bertz CT molecular complexity index is 448. The number of carbonyl (C=O) groups is 1. The molecule has 0 atom stereocenters. The van der Waals surface area contributed by atoms with Gasteiger partial charge in [-0.2, -0.15) is 0 Å². The average molecular weight is 264 g/mol. The number of hydrogen-bond donors (Lipinski definition) is 1. The molecule has 0 radical (unpaired) electrons. The van der Waals surface area contributed by atoms with Crippen LogP contribution in [-0.2, 0) is 27.4 Å². The second-order valence-electron chi connectivity index (χ2n) is 4.63. The quantitative estimate of drug-likeness (QED) is 0.839. The normalized spacial score (nSPS) is 14.4. The molecule has 2 rings (SSSR count). The predicted octanol–water partition coefficient (Wildman–Crippen LogP) is 1.23. The van der Waals surface area contributed by atoms with E-state index in [9.17, 15) is 4.79 Å². The molecular formula is C14H20N2O3. The number of nitrogens with one attached hydrogen (secondary N) is 1. The molecule has 1 amide bonds. The highest BCUT2D eigenvalue weighted by Gasteiger charge is 2.21. The van der Waals surface area contributed by atoms with Gasteiger partial charge in [0.1, 0.15) is 6.61 Å². The third-order valence-corrected chi connectivity index (χ3v) is 3.21. The van der Waals surface area contributed by atoms with Gasteiger partial charge < -0.3 is 14.8 Å². The van der Waals surface area contributed by atoms with E-state index in [1.54, 1.807) is 7.11 Å². The summed E-state index contributed by atoms with van der Waals surface area (Å²) < 4.78 is 9.93. The highest BCUT2D eigenvalue weighted by atomic mass is 16.5. The Morgan fingerprint density at radius 2 is 2.16 bits per heavy atom. The number of ether oxygens (including phenoxy) is 2. The Hall–Kier alpha value is -1.43.